The molecule has 3 aromatic rings. The van der Waals surface area contributed by atoms with Crippen LogP contribution in [0.3, 0.4) is 0 Å². The molecule has 0 saturated carbocycles. The molecule has 144 valence electrons. The molecule has 0 bridgehead atoms. The highest BCUT2D eigenvalue weighted by atomic mass is 32.2. The van der Waals surface area contributed by atoms with E-state index >= 15 is 0 Å². The van der Waals surface area contributed by atoms with Crippen molar-refractivity contribution < 1.29 is 13.2 Å². The maximum atomic E-state index is 11.6. The van der Waals surface area contributed by atoms with Gasteiger partial charge in [0.1, 0.15) is 5.75 Å². The molecule has 0 amide bonds. The largest absolute Gasteiger partial charge is 0.497 e. The van der Waals surface area contributed by atoms with E-state index in [1.54, 1.807) is 14.2 Å². The van der Waals surface area contributed by atoms with E-state index in [-0.39, 0.29) is 0 Å². The number of rotatable bonds is 6. The van der Waals surface area contributed by atoms with Crippen LogP contribution in [0, 0.1) is 0 Å². The highest BCUT2D eigenvalue weighted by Crippen LogP contribution is 2.37. The van der Waals surface area contributed by atoms with Gasteiger partial charge in [-0.25, -0.2) is 12.7 Å². The Hall–Kier alpha value is -2.51. The summed E-state index contributed by atoms with van der Waals surface area (Å²) >= 11 is 0. The third-order valence-electron chi connectivity index (χ3n) is 4.83. The molecule has 27 heavy (non-hydrogen) atoms. The Kier molecular flexibility index (Phi) is 5.17. The van der Waals surface area contributed by atoms with Gasteiger partial charge in [0.2, 0.25) is 10.0 Å². The lowest BCUT2D eigenvalue weighted by atomic mass is 10.1. The number of nitrogens with zero attached hydrogens (tertiary/aromatic N) is 2. The van der Waals surface area contributed by atoms with Gasteiger partial charge >= 0.3 is 0 Å². The number of methoxy groups -OCH3 is 1. The molecule has 0 spiro atoms. The van der Waals surface area contributed by atoms with Gasteiger partial charge in [-0.15, -0.1) is 0 Å². The Balaban J connectivity index is 2.03. The van der Waals surface area contributed by atoms with Crippen LogP contribution >= 0.6 is 0 Å². The molecule has 3 rings (SSSR count). The van der Waals surface area contributed by atoms with Gasteiger partial charge in [-0.3, -0.25) is 0 Å². The number of aromatic nitrogens is 1. The second-order valence-electron chi connectivity index (χ2n) is 6.61. The van der Waals surface area contributed by atoms with Crippen LogP contribution in [0.5, 0.6) is 5.75 Å². The first-order valence-corrected chi connectivity index (χ1v) is 10.6. The van der Waals surface area contributed by atoms with Gasteiger partial charge in [-0.2, -0.15) is 0 Å². The van der Waals surface area contributed by atoms with Crippen LogP contribution in [0.4, 0.5) is 5.69 Å². The van der Waals surface area contributed by atoms with Gasteiger partial charge < -0.3 is 15.0 Å². The Labute approximate surface area is 160 Å². The standard InChI is InChI=1S/C20H25N3O3S/c1-5-23-18-12-16(26-3)10-11-17(18)19(21)20(23)15-8-6-14(7-9-15)13-22(2)27(4,24)25/h6-12H,5,13,21H2,1-4H3. The Morgan fingerprint density at radius 3 is 2.37 bits per heavy atom. The van der Waals surface area contributed by atoms with Gasteiger partial charge in [-0.1, -0.05) is 24.3 Å². The highest BCUT2D eigenvalue weighted by Gasteiger charge is 2.17. The van der Waals surface area contributed by atoms with Crippen molar-refractivity contribution in [1.29, 1.82) is 0 Å². The van der Waals surface area contributed by atoms with E-state index in [4.69, 9.17) is 10.5 Å². The third-order valence-corrected chi connectivity index (χ3v) is 6.09. The van der Waals surface area contributed by atoms with E-state index in [0.717, 1.165) is 45.7 Å². The average Bonchev–Trinajstić information content (AvgIpc) is 2.92. The maximum Gasteiger partial charge on any atom is 0.211 e. The summed E-state index contributed by atoms with van der Waals surface area (Å²) in [6.45, 7) is 3.19. The van der Waals surface area contributed by atoms with Gasteiger partial charge in [0.05, 0.1) is 30.3 Å². The number of sulfonamides is 1. The number of hydrogen-bond acceptors (Lipinski definition) is 4. The minimum atomic E-state index is -3.21. The highest BCUT2D eigenvalue weighted by molar-refractivity contribution is 7.88. The summed E-state index contributed by atoms with van der Waals surface area (Å²) < 4.78 is 32.0. The van der Waals surface area contributed by atoms with Crippen molar-refractivity contribution in [3.63, 3.8) is 0 Å². The van der Waals surface area contributed by atoms with Crippen molar-refractivity contribution in [3.8, 4) is 17.0 Å². The van der Waals surface area contributed by atoms with Crippen LogP contribution in [0.25, 0.3) is 22.2 Å². The first-order chi connectivity index (χ1) is 12.8. The lowest BCUT2D eigenvalue weighted by Crippen LogP contribution is -2.24. The maximum absolute atomic E-state index is 11.6. The van der Waals surface area contributed by atoms with Crippen molar-refractivity contribution in [1.82, 2.24) is 8.87 Å². The van der Waals surface area contributed by atoms with Crippen molar-refractivity contribution in [2.75, 3.05) is 26.1 Å². The predicted octanol–water partition coefficient (Wildman–Crippen LogP) is 3.31. The molecule has 2 aromatic carbocycles. The molecule has 0 fully saturated rings. The average molecular weight is 388 g/mol. The summed E-state index contributed by atoms with van der Waals surface area (Å²) in [5.41, 5.74) is 11.1. The first kappa shape index (κ1) is 19.3. The summed E-state index contributed by atoms with van der Waals surface area (Å²) in [4.78, 5) is 0. The quantitative estimate of drug-likeness (QED) is 0.704. The topological polar surface area (TPSA) is 77.6 Å². The minimum Gasteiger partial charge on any atom is -0.497 e. The fraction of sp³-hybridized carbons (Fsp3) is 0.300. The first-order valence-electron chi connectivity index (χ1n) is 8.72. The fourth-order valence-corrected chi connectivity index (χ4v) is 3.65. The van der Waals surface area contributed by atoms with Crippen molar-refractivity contribution >= 4 is 26.6 Å². The molecule has 0 saturated heterocycles. The molecule has 0 aliphatic carbocycles. The fourth-order valence-electron chi connectivity index (χ4n) is 3.27. The van der Waals surface area contributed by atoms with Gasteiger partial charge in [0, 0.05) is 37.2 Å². The molecule has 0 unspecified atom stereocenters. The normalized spacial score (nSPS) is 12.0. The molecule has 2 N–H and O–H groups in total. The molecule has 0 atom stereocenters. The Morgan fingerprint density at radius 1 is 1.15 bits per heavy atom. The van der Waals surface area contributed by atoms with Crippen molar-refractivity contribution in [3.05, 3.63) is 48.0 Å². The number of hydrogen-bond donors (Lipinski definition) is 1. The minimum absolute atomic E-state index is 0.336. The van der Waals surface area contributed by atoms with E-state index in [1.807, 2.05) is 42.5 Å². The van der Waals surface area contributed by atoms with E-state index < -0.39 is 10.0 Å². The van der Waals surface area contributed by atoms with Crippen LogP contribution in [0.1, 0.15) is 12.5 Å². The Bertz CT molecular complexity index is 1070. The van der Waals surface area contributed by atoms with Gasteiger partial charge in [0.25, 0.3) is 0 Å². The molecular weight excluding hydrogens is 362 g/mol. The van der Waals surface area contributed by atoms with Crippen LogP contribution < -0.4 is 10.5 Å². The van der Waals surface area contributed by atoms with E-state index in [2.05, 4.69) is 11.5 Å². The second kappa shape index (κ2) is 7.25. The third kappa shape index (κ3) is 3.65. The Morgan fingerprint density at radius 2 is 1.81 bits per heavy atom. The molecule has 1 aromatic heterocycles. The summed E-state index contributed by atoms with van der Waals surface area (Å²) in [5.74, 6) is 0.792. The second-order valence-corrected chi connectivity index (χ2v) is 8.69. The van der Waals surface area contributed by atoms with Crippen molar-refractivity contribution in [2.45, 2.75) is 20.0 Å². The summed E-state index contributed by atoms with van der Waals surface area (Å²) in [6.07, 6.45) is 1.20. The SMILES string of the molecule is CCn1c(-c2ccc(CN(C)S(C)(=O)=O)cc2)c(N)c2ccc(OC)cc21. The predicted molar refractivity (Wildman–Crippen MR) is 110 cm³/mol. The summed E-state index contributed by atoms with van der Waals surface area (Å²) in [7, 11) is 0.0154. The monoisotopic (exact) mass is 387 g/mol. The van der Waals surface area contributed by atoms with Crippen LogP contribution in [-0.2, 0) is 23.1 Å². The van der Waals surface area contributed by atoms with E-state index in [0.29, 0.717) is 6.54 Å². The lowest BCUT2D eigenvalue weighted by Gasteiger charge is -2.15. The smallest absolute Gasteiger partial charge is 0.211 e. The lowest BCUT2D eigenvalue weighted by molar-refractivity contribution is 0.415. The van der Waals surface area contributed by atoms with Crippen LogP contribution in [0.15, 0.2) is 42.5 Å². The number of ether oxygens (including phenoxy) is 1. The molecule has 1 heterocycles. The molecule has 6 nitrogen and oxygen atoms in total. The van der Waals surface area contributed by atoms with Crippen LogP contribution in [-0.4, -0.2) is 37.7 Å². The molecule has 0 radical (unpaired) electrons. The number of benzene rings is 2. The van der Waals surface area contributed by atoms with Crippen LogP contribution in [0.2, 0.25) is 0 Å². The number of nitrogens with two attached hydrogens (primary N) is 1. The zero-order valence-corrected chi connectivity index (χ0v) is 16.9. The number of aryl methyl sites for hydroxylation is 1. The number of fused-ring (bicyclic) bond motifs is 1. The van der Waals surface area contributed by atoms with E-state index in [1.165, 1.54) is 10.6 Å². The zero-order chi connectivity index (χ0) is 19.8. The van der Waals surface area contributed by atoms with Gasteiger partial charge in [0.15, 0.2) is 0 Å². The number of anilines is 1. The summed E-state index contributed by atoms with van der Waals surface area (Å²) in [6, 6.07) is 13.7. The van der Waals surface area contributed by atoms with E-state index in [9.17, 15) is 8.42 Å². The number of nitrogen functional groups attached to an aromatic ring is 1. The summed E-state index contributed by atoms with van der Waals surface area (Å²) in [5, 5.41) is 0.994. The molecule has 0 aliphatic rings. The molecule has 0 aliphatic heterocycles. The molecular formula is C20H25N3O3S. The van der Waals surface area contributed by atoms with Gasteiger partial charge in [-0.05, 0) is 24.6 Å². The molecule has 7 heteroatoms. The zero-order valence-electron chi connectivity index (χ0n) is 16.1. The van der Waals surface area contributed by atoms with Crippen molar-refractivity contribution in [2.24, 2.45) is 0 Å².